The number of nitro groups is 1. The van der Waals surface area contributed by atoms with Gasteiger partial charge in [-0.25, -0.2) is 0 Å². The maximum absolute atomic E-state index is 12.2. The minimum atomic E-state index is -1.15. The Hall–Kier alpha value is -1.72. The number of allylic oxidation sites excluding steroid dienone is 1. The van der Waals surface area contributed by atoms with Crippen LogP contribution < -0.4 is 0 Å². The fraction of sp³-hybridized carbons (Fsp3) is 0.778. The lowest BCUT2D eigenvalue weighted by Crippen LogP contribution is -2.36. The van der Waals surface area contributed by atoms with E-state index >= 15 is 0 Å². The zero-order valence-electron chi connectivity index (χ0n) is 15.1. The molecule has 1 unspecified atom stereocenters. The van der Waals surface area contributed by atoms with Gasteiger partial charge in [-0.15, -0.1) is 0 Å². The van der Waals surface area contributed by atoms with Crippen molar-refractivity contribution in [3.05, 3.63) is 21.3 Å². The Labute approximate surface area is 143 Å². The first-order chi connectivity index (χ1) is 11.3. The molecule has 0 saturated heterocycles. The standard InChI is InChI=1S/C18H29NO5/c1-4-5-8-14-10-11-16(20)15(14)13-18(2,19(22)23)12-7-6-9-17(21)24-3/h4-13H2,1-3H3. The van der Waals surface area contributed by atoms with Crippen LogP contribution in [0.15, 0.2) is 11.1 Å². The first kappa shape index (κ1) is 20.3. The van der Waals surface area contributed by atoms with Crippen LogP contribution in [0.3, 0.4) is 0 Å². The molecule has 0 saturated carbocycles. The van der Waals surface area contributed by atoms with Crippen LogP contribution in [0, 0.1) is 10.1 Å². The summed E-state index contributed by atoms with van der Waals surface area (Å²) in [6.45, 7) is 3.71. The van der Waals surface area contributed by atoms with Gasteiger partial charge in [0.05, 0.1) is 7.11 Å². The summed E-state index contributed by atoms with van der Waals surface area (Å²) in [6, 6.07) is 0. The molecule has 0 aromatic carbocycles. The van der Waals surface area contributed by atoms with Crippen molar-refractivity contribution in [1.29, 1.82) is 0 Å². The molecule has 0 fully saturated rings. The van der Waals surface area contributed by atoms with Gasteiger partial charge in [-0.1, -0.05) is 18.9 Å². The summed E-state index contributed by atoms with van der Waals surface area (Å²) in [5.74, 6) is -0.225. The lowest BCUT2D eigenvalue weighted by Gasteiger charge is -2.22. The smallest absolute Gasteiger partial charge is 0.305 e. The van der Waals surface area contributed by atoms with E-state index in [1.807, 2.05) is 0 Å². The SMILES string of the molecule is CCCCC1=C(CC(C)(CCCCC(=O)OC)[N+](=O)[O-])C(=O)CC1. The van der Waals surface area contributed by atoms with Crippen LogP contribution in [0.1, 0.15) is 78.1 Å². The largest absolute Gasteiger partial charge is 0.469 e. The van der Waals surface area contributed by atoms with E-state index in [0.29, 0.717) is 31.3 Å². The molecule has 1 aliphatic rings. The second kappa shape index (κ2) is 9.55. The predicted molar refractivity (Wildman–Crippen MR) is 91.3 cm³/mol. The zero-order valence-corrected chi connectivity index (χ0v) is 15.1. The van der Waals surface area contributed by atoms with Crippen LogP contribution in [0.5, 0.6) is 0 Å². The quantitative estimate of drug-likeness (QED) is 0.246. The highest BCUT2D eigenvalue weighted by molar-refractivity contribution is 5.98. The minimum absolute atomic E-state index is 0.0729. The fourth-order valence-corrected chi connectivity index (χ4v) is 3.16. The number of nitrogens with zero attached hydrogens (tertiary/aromatic N) is 1. The van der Waals surface area contributed by atoms with E-state index in [1.165, 1.54) is 7.11 Å². The predicted octanol–water partition coefficient (Wildman–Crippen LogP) is 4.00. The third-order valence-corrected chi connectivity index (χ3v) is 4.82. The third-order valence-electron chi connectivity index (χ3n) is 4.82. The van der Waals surface area contributed by atoms with E-state index in [0.717, 1.165) is 31.3 Å². The number of hydrogen-bond donors (Lipinski definition) is 0. The molecule has 0 amide bonds. The Kier molecular flexibility index (Phi) is 8.08. The Bertz CT molecular complexity index is 512. The van der Waals surface area contributed by atoms with Crippen molar-refractivity contribution in [3.63, 3.8) is 0 Å². The van der Waals surface area contributed by atoms with E-state index in [2.05, 4.69) is 11.7 Å². The molecule has 0 aliphatic heterocycles. The molecule has 0 heterocycles. The van der Waals surface area contributed by atoms with Gasteiger partial charge in [-0.3, -0.25) is 19.7 Å². The van der Waals surface area contributed by atoms with Gasteiger partial charge in [0, 0.05) is 43.1 Å². The minimum Gasteiger partial charge on any atom is -0.469 e. The number of esters is 1. The van der Waals surface area contributed by atoms with Crippen LogP contribution in [0.2, 0.25) is 0 Å². The molecule has 1 rings (SSSR count). The summed E-state index contributed by atoms with van der Waals surface area (Å²) in [7, 11) is 1.33. The molecular formula is C18H29NO5. The number of rotatable bonds is 11. The van der Waals surface area contributed by atoms with Crippen molar-refractivity contribution in [2.24, 2.45) is 0 Å². The van der Waals surface area contributed by atoms with Gasteiger partial charge in [-0.05, 0) is 32.1 Å². The average Bonchev–Trinajstić information content (AvgIpc) is 2.89. The molecule has 0 bridgehead atoms. The maximum Gasteiger partial charge on any atom is 0.305 e. The zero-order chi connectivity index (χ0) is 18.2. The number of hydrogen-bond acceptors (Lipinski definition) is 5. The van der Waals surface area contributed by atoms with Crippen LogP contribution in [0.25, 0.3) is 0 Å². The molecule has 6 heteroatoms. The summed E-state index contributed by atoms with van der Waals surface area (Å²) >= 11 is 0. The van der Waals surface area contributed by atoms with Gasteiger partial charge >= 0.3 is 5.97 Å². The van der Waals surface area contributed by atoms with E-state index in [1.54, 1.807) is 6.92 Å². The number of methoxy groups -OCH3 is 1. The van der Waals surface area contributed by atoms with Crippen molar-refractivity contribution in [1.82, 2.24) is 0 Å². The summed E-state index contributed by atoms with van der Waals surface area (Å²) in [5, 5.41) is 11.6. The number of Topliss-reactive ketones (excluding diaryl/α,β-unsaturated/α-hetero) is 1. The van der Waals surface area contributed by atoms with Crippen molar-refractivity contribution < 1.29 is 19.2 Å². The van der Waals surface area contributed by atoms with Crippen LogP contribution in [-0.4, -0.2) is 29.3 Å². The number of ketones is 1. The van der Waals surface area contributed by atoms with E-state index in [-0.39, 0.29) is 29.5 Å². The van der Waals surface area contributed by atoms with E-state index in [9.17, 15) is 19.7 Å². The average molecular weight is 339 g/mol. The first-order valence-electron chi connectivity index (χ1n) is 8.79. The molecule has 24 heavy (non-hydrogen) atoms. The molecule has 136 valence electrons. The number of carbonyl (C=O) groups excluding carboxylic acids is 2. The van der Waals surface area contributed by atoms with Gasteiger partial charge in [0.25, 0.3) is 0 Å². The van der Waals surface area contributed by atoms with Crippen molar-refractivity contribution in [2.45, 2.75) is 83.6 Å². The Balaban J connectivity index is 2.73. The molecule has 6 nitrogen and oxygen atoms in total. The summed E-state index contributed by atoms with van der Waals surface area (Å²) in [4.78, 5) is 34.6. The molecule has 0 radical (unpaired) electrons. The Morgan fingerprint density at radius 1 is 1.29 bits per heavy atom. The summed E-state index contributed by atoms with van der Waals surface area (Å²) < 4.78 is 4.58. The topological polar surface area (TPSA) is 86.5 Å². The molecule has 0 aromatic heterocycles. The molecular weight excluding hydrogens is 310 g/mol. The highest BCUT2D eigenvalue weighted by atomic mass is 16.6. The first-order valence-corrected chi connectivity index (χ1v) is 8.79. The summed E-state index contributed by atoms with van der Waals surface area (Å²) in [6.07, 6.45) is 6.14. The number of unbranched alkanes of at least 4 members (excludes halogenated alkanes) is 2. The van der Waals surface area contributed by atoms with Crippen LogP contribution in [0.4, 0.5) is 0 Å². The lowest BCUT2D eigenvalue weighted by molar-refractivity contribution is -0.566. The summed E-state index contributed by atoms with van der Waals surface area (Å²) in [5.41, 5.74) is 0.656. The molecule has 0 aromatic rings. The van der Waals surface area contributed by atoms with Gasteiger partial charge in [-0.2, -0.15) is 0 Å². The van der Waals surface area contributed by atoms with Gasteiger partial charge < -0.3 is 4.74 Å². The second-order valence-corrected chi connectivity index (χ2v) is 6.82. The van der Waals surface area contributed by atoms with Gasteiger partial charge in [0.2, 0.25) is 5.54 Å². The number of carbonyl (C=O) groups is 2. The third kappa shape index (κ3) is 5.73. The monoisotopic (exact) mass is 339 g/mol. The van der Waals surface area contributed by atoms with Crippen LogP contribution in [-0.2, 0) is 14.3 Å². The van der Waals surface area contributed by atoms with Gasteiger partial charge in [0.1, 0.15) is 0 Å². The van der Waals surface area contributed by atoms with Gasteiger partial charge in [0.15, 0.2) is 5.78 Å². The highest BCUT2D eigenvalue weighted by Crippen LogP contribution is 2.35. The van der Waals surface area contributed by atoms with Crippen molar-refractivity contribution >= 4 is 11.8 Å². The molecule has 1 aliphatic carbocycles. The fourth-order valence-electron chi connectivity index (χ4n) is 3.16. The molecule has 0 spiro atoms. The van der Waals surface area contributed by atoms with Crippen molar-refractivity contribution in [2.75, 3.05) is 7.11 Å². The van der Waals surface area contributed by atoms with E-state index < -0.39 is 5.54 Å². The van der Waals surface area contributed by atoms with Crippen molar-refractivity contribution in [3.8, 4) is 0 Å². The highest BCUT2D eigenvalue weighted by Gasteiger charge is 2.40. The maximum atomic E-state index is 12.2. The van der Waals surface area contributed by atoms with Crippen LogP contribution >= 0.6 is 0 Å². The Morgan fingerprint density at radius 2 is 2.00 bits per heavy atom. The molecule has 1 atom stereocenters. The second-order valence-electron chi connectivity index (χ2n) is 6.82. The molecule has 0 N–H and O–H groups in total. The normalized spacial score (nSPS) is 17.0. The van der Waals surface area contributed by atoms with E-state index in [4.69, 9.17) is 0 Å². The lowest BCUT2D eigenvalue weighted by atomic mass is 9.85. The Morgan fingerprint density at radius 3 is 2.58 bits per heavy atom. The number of ether oxygens (including phenoxy) is 1.